The van der Waals surface area contributed by atoms with Gasteiger partial charge in [0.25, 0.3) is 5.56 Å². The molecule has 10 heteroatoms. The molecule has 194 valence electrons. The third-order valence-electron chi connectivity index (χ3n) is 5.84. The molecule has 0 aliphatic heterocycles. The van der Waals surface area contributed by atoms with Crippen molar-refractivity contribution in [1.82, 2.24) is 9.55 Å². The fourth-order valence-corrected chi connectivity index (χ4v) is 5.24. The lowest BCUT2D eigenvalue weighted by molar-refractivity contribution is -0.115. The Morgan fingerprint density at radius 1 is 1.03 bits per heavy atom. The zero-order valence-electron chi connectivity index (χ0n) is 20.9. The Labute approximate surface area is 216 Å². The van der Waals surface area contributed by atoms with Crippen LogP contribution in [0.1, 0.15) is 52.9 Å². The standard InChI is InChI=1S/C26H34N4O4S2/c1-18(2)10-6-4-5-9-17-30-25(32)22-11-7-8-12-23(22)29-26(30)35-19(3)24(31)28-20-13-15-21(16-14-20)36(27,33)34/h7-8,11-16,18-19H,4-6,9-10,17H2,1-3H3,(H,28,31)(H2,27,33,34). The van der Waals surface area contributed by atoms with E-state index in [0.29, 0.717) is 34.2 Å². The number of carbonyl (C=O) groups excluding carboxylic acids is 1. The first-order valence-electron chi connectivity index (χ1n) is 12.2. The second-order valence-electron chi connectivity index (χ2n) is 9.28. The predicted molar refractivity (Wildman–Crippen MR) is 146 cm³/mol. The summed E-state index contributed by atoms with van der Waals surface area (Å²) in [6, 6.07) is 12.9. The summed E-state index contributed by atoms with van der Waals surface area (Å²) in [5, 5.41) is 8.43. The van der Waals surface area contributed by atoms with Gasteiger partial charge >= 0.3 is 0 Å². The van der Waals surface area contributed by atoms with Crippen LogP contribution in [0.2, 0.25) is 0 Å². The number of hydrogen-bond acceptors (Lipinski definition) is 6. The molecule has 0 bridgehead atoms. The number of aromatic nitrogens is 2. The van der Waals surface area contributed by atoms with E-state index in [-0.39, 0.29) is 16.4 Å². The molecule has 0 spiro atoms. The summed E-state index contributed by atoms with van der Waals surface area (Å²) in [6.07, 6.45) is 5.40. The number of fused-ring (bicyclic) bond motifs is 1. The average Bonchev–Trinajstić information content (AvgIpc) is 2.82. The first-order chi connectivity index (χ1) is 17.1. The highest BCUT2D eigenvalue weighted by atomic mass is 32.2. The number of anilines is 1. The topological polar surface area (TPSA) is 124 Å². The molecule has 3 aromatic rings. The number of thioether (sulfide) groups is 1. The number of amides is 1. The van der Waals surface area contributed by atoms with E-state index in [0.717, 1.165) is 19.3 Å². The van der Waals surface area contributed by atoms with Crippen LogP contribution in [0.5, 0.6) is 0 Å². The minimum atomic E-state index is -3.81. The number of rotatable bonds is 12. The summed E-state index contributed by atoms with van der Waals surface area (Å²) in [7, 11) is -3.81. The van der Waals surface area contributed by atoms with Crippen molar-refractivity contribution in [1.29, 1.82) is 0 Å². The molecule has 0 radical (unpaired) electrons. The molecule has 1 atom stereocenters. The van der Waals surface area contributed by atoms with Gasteiger partial charge in [0.15, 0.2) is 5.16 Å². The Kier molecular flexibility index (Phi) is 9.69. The molecule has 0 fully saturated rings. The molecular weight excluding hydrogens is 496 g/mol. The molecule has 0 aliphatic rings. The first-order valence-corrected chi connectivity index (χ1v) is 14.6. The van der Waals surface area contributed by atoms with E-state index in [2.05, 4.69) is 19.2 Å². The molecular formula is C26H34N4O4S2. The number of primary sulfonamides is 1. The highest BCUT2D eigenvalue weighted by molar-refractivity contribution is 8.00. The van der Waals surface area contributed by atoms with E-state index < -0.39 is 15.3 Å². The normalized spacial score (nSPS) is 12.7. The van der Waals surface area contributed by atoms with Gasteiger partial charge in [0.2, 0.25) is 15.9 Å². The number of nitrogens with zero attached hydrogens (tertiary/aromatic N) is 2. The van der Waals surface area contributed by atoms with Gasteiger partial charge in [-0.3, -0.25) is 14.2 Å². The van der Waals surface area contributed by atoms with Crippen LogP contribution in [0.15, 0.2) is 63.4 Å². The van der Waals surface area contributed by atoms with Crippen molar-refractivity contribution in [2.75, 3.05) is 5.32 Å². The SMILES string of the molecule is CC(C)CCCCCCn1c(SC(C)C(=O)Nc2ccc(S(N)(=O)=O)cc2)nc2ccccc2c1=O. The van der Waals surface area contributed by atoms with Crippen molar-refractivity contribution in [3.8, 4) is 0 Å². The van der Waals surface area contributed by atoms with Crippen LogP contribution in [-0.2, 0) is 21.4 Å². The average molecular weight is 531 g/mol. The number of nitrogens with one attached hydrogen (secondary N) is 1. The van der Waals surface area contributed by atoms with Crippen LogP contribution >= 0.6 is 11.8 Å². The third-order valence-corrected chi connectivity index (χ3v) is 7.86. The number of carbonyl (C=O) groups is 1. The van der Waals surface area contributed by atoms with Crippen LogP contribution in [0.4, 0.5) is 5.69 Å². The molecule has 8 nitrogen and oxygen atoms in total. The van der Waals surface area contributed by atoms with Crippen LogP contribution in [-0.4, -0.2) is 29.1 Å². The van der Waals surface area contributed by atoms with E-state index in [1.807, 2.05) is 12.1 Å². The molecule has 1 unspecified atom stereocenters. The van der Waals surface area contributed by atoms with Gasteiger partial charge in [0, 0.05) is 12.2 Å². The second kappa shape index (κ2) is 12.5. The summed E-state index contributed by atoms with van der Waals surface area (Å²) in [6.45, 7) is 6.74. The van der Waals surface area contributed by atoms with Gasteiger partial charge < -0.3 is 5.32 Å². The Morgan fingerprint density at radius 2 is 1.69 bits per heavy atom. The van der Waals surface area contributed by atoms with Crippen LogP contribution in [0, 0.1) is 5.92 Å². The highest BCUT2D eigenvalue weighted by Crippen LogP contribution is 2.24. The molecule has 36 heavy (non-hydrogen) atoms. The van der Waals surface area contributed by atoms with Crippen molar-refractivity contribution >= 4 is 44.3 Å². The van der Waals surface area contributed by atoms with Gasteiger partial charge in [-0.15, -0.1) is 0 Å². The molecule has 3 rings (SSSR count). The maximum atomic E-state index is 13.3. The number of benzene rings is 2. The Balaban J connectivity index is 1.73. The van der Waals surface area contributed by atoms with E-state index in [1.54, 1.807) is 23.6 Å². The summed E-state index contributed by atoms with van der Waals surface area (Å²) in [5.74, 6) is 0.408. The molecule has 0 saturated carbocycles. The number of nitrogens with two attached hydrogens (primary N) is 1. The van der Waals surface area contributed by atoms with Crippen molar-refractivity contribution in [3.63, 3.8) is 0 Å². The van der Waals surface area contributed by atoms with Crippen molar-refractivity contribution in [2.24, 2.45) is 11.1 Å². The zero-order valence-corrected chi connectivity index (χ0v) is 22.6. The van der Waals surface area contributed by atoms with Gasteiger partial charge in [0.1, 0.15) is 0 Å². The van der Waals surface area contributed by atoms with E-state index in [9.17, 15) is 18.0 Å². The van der Waals surface area contributed by atoms with Gasteiger partial charge in [-0.05, 0) is 55.7 Å². The monoisotopic (exact) mass is 530 g/mol. The maximum Gasteiger partial charge on any atom is 0.262 e. The zero-order chi connectivity index (χ0) is 26.3. The number of sulfonamides is 1. The Bertz CT molecular complexity index is 1350. The van der Waals surface area contributed by atoms with E-state index in [4.69, 9.17) is 10.1 Å². The number of unbranched alkanes of at least 4 members (excludes halogenated alkanes) is 3. The van der Waals surface area contributed by atoms with E-state index in [1.165, 1.54) is 48.9 Å². The number of hydrogen-bond donors (Lipinski definition) is 2. The minimum absolute atomic E-state index is 0.0310. The predicted octanol–water partition coefficient (Wildman–Crippen LogP) is 4.77. The van der Waals surface area contributed by atoms with Crippen molar-refractivity contribution < 1.29 is 13.2 Å². The van der Waals surface area contributed by atoms with Crippen molar-refractivity contribution in [3.05, 3.63) is 58.9 Å². The van der Waals surface area contributed by atoms with Crippen molar-refractivity contribution in [2.45, 2.75) is 74.7 Å². The summed E-state index contributed by atoms with van der Waals surface area (Å²) in [5.41, 5.74) is 0.950. The first kappa shape index (κ1) is 27.9. The Morgan fingerprint density at radius 3 is 2.36 bits per heavy atom. The van der Waals surface area contributed by atoms with Gasteiger partial charge in [-0.1, -0.05) is 63.4 Å². The largest absolute Gasteiger partial charge is 0.325 e. The van der Waals surface area contributed by atoms with Gasteiger partial charge in [0.05, 0.1) is 21.0 Å². The second-order valence-corrected chi connectivity index (χ2v) is 12.2. The molecule has 0 aliphatic carbocycles. The molecule has 1 amide bonds. The smallest absolute Gasteiger partial charge is 0.262 e. The quantitative estimate of drug-likeness (QED) is 0.197. The summed E-state index contributed by atoms with van der Waals surface area (Å²) in [4.78, 5) is 30.8. The van der Waals surface area contributed by atoms with Gasteiger partial charge in [-0.25, -0.2) is 18.5 Å². The summed E-state index contributed by atoms with van der Waals surface area (Å²) >= 11 is 1.23. The van der Waals surface area contributed by atoms with Crippen LogP contribution < -0.4 is 16.0 Å². The minimum Gasteiger partial charge on any atom is -0.325 e. The lowest BCUT2D eigenvalue weighted by atomic mass is 10.0. The fourth-order valence-electron chi connectivity index (χ4n) is 3.79. The molecule has 1 heterocycles. The molecule has 0 saturated heterocycles. The maximum absolute atomic E-state index is 13.3. The molecule has 2 aromatic carbocycles. The Hall–Kier alpha value is -2.69. The third kappa shape index (κ3) is 7.65. The lowest BCUT2D eigenvalue weighted by Crippen LogP contribution is -2.27. The van der Waals surface area contributed by atoms with Crippen LogP contribution in [0.25, 0.3) is 10.9 Å². The van der Waals surface area contributed by atoms with Gasteiger partial charge in [-0.2, -0.15) is 0 Å². The lowest BCUT2D eigenvalue weighted by Gasteiger charge is -2.16. The van der Waals surface area contributed by atoms with Crippen LogP contribution in [0.3, 0.4) is 0 Å². The van der Waals surface area contributed by atoms with E-state index >= 15 is 0 Å². The molecule has 1 aromatic heterocycles. The number of para-hydroxylation sites is 1. The highest BCUT2D eigenvalue weighted by Gasteiger charge is 2.20. The molecule has 3 N–H and O–H groups in total. The summed E-state index contributed by atoms with van der Waals surface area (Å²) < 4.78 is 24.6. The fraction of sp³-hybridized carbons (Fsp3) is 0.423.